The highest BCUT2D eigenvalue weighted by Crippen LogP contribution is 2.30. The Bertz CT molecular complexity index is 998. The molecule has 2 aromatic rings. The van der Waals surface area contributed by atoms with Gasteiger partial charge in [-0.05, 0) is 30.5 Å². The van der Waals surface area contributed by atoms with Crippen LogP contribution < -0.4 is 0 Å². The molecular weight excluding hydrogens is 362 g/mol. The third-order valence-electron chi connectivity index (χ3n) is 4.85. The normalized spacial score (nSPS) is 17.1. The first-order chi connectivity index (χ1) is 13.0. The van der Waals surface area contributed by atoms with Gasteiger partial charge in [-0.15, -0.1) is 4.40 Å². The van der Waals surface area contributed by atoms with Crippen molar-refractivity contribution in [1.82, 2.24) is 9.80 Å². The lowest BCUT2D eigenvalue weighted by molar-refractivity contribution is -0.132. The van der Waals surface area contributed by atoms with Crippen LogP contribution in [0.4, 0.5) is 0 Å². The Morgan fingerprint density at radius 1 is 1.07 bits per heavy atom. The van der Waals surface area contributed by atoms with E-state index in [1.165, 1.54) is 0 Å². The molecule has 1 aliphatic carbocycles. The van der Waals surface area contributed by atoms with E-state index in [-0.39, 0.29) is 23.4 Å². The van der Waals surface area contributed by atoms with Gasteiger partial charge in [0, 0.05) is 25.2 Å². The van der Waals surface area contributed by atoms with E-state index in [2.05, 4.69) is 4.40 Å². The molecule has 6 nitrogen and oxygen atoms in total. The molecule has 1 amide bonds. The smallest absolute Gasteiger partial charge is 0.285 e. The summed E-state index contributed by atoms with van der Waals surface area (Å²) in [5.41, 5.74) is 1.64. The number of likely N-dealkylation sites (N-methyl/N-ethyl adjacent to an activating group) is 1. The van der Waals surface area contributed by atoms with E-state index in [0.29, 0.717) is 17.9 Å². The zero-order chi connectivity index (χ0) is 19.0. The number of nitrogens with zero attached hydrogens (tertiary/aromatic N) is 3. The maximum absolute atomic E-state index is 12.9. The van der Waals surface area contributed by atoms with Gasteiger partial charge in [0.1, 0.15) is 4.90 Å². The van der Waals surface area contributed by atoms with Gasteiger partial charge in [0.25, 0.3) is 10.0 Å². The molecule has 0 bridgehead atoms. The van der Waals surface area contributed by atoms with Crippen molar-refractivity contribution < 1.29 is 13.2 Å². The third kappa shape index (κ3) is 3.60. The molecule has 0 unspecified atom stereocenters. The fourth-order valence-electron chi connectivity index (χ4n) is 3.32. The number of hydrogen-bond donors (Lipinski definition) is 0. The second-order valence-corrected chi connectivity index (χ2v) is 8.55. The van der Waals surface area contributed by atoms with Crippen LogP contribution in [0.3, 0.4) is 0 Å². The maximum Gasteiger partial charge on any atom is 0.285 e. The molecule has 0 spiro atoms. The van der Waals surface area contributed by atoms with Crippen molar-refractivity contribution in [2.45, 2.75) is 30.3 Å². The van der Waals surface area contributed by atoms with Crippen LogP contribution in [0, 0.1) is 0 Å². The number of amides is 1. The van der Waals surface area contributed by atoms with Crippen molar-refractivity contribution in [1.29, 1.82) is 0 Å². The molecule has 0 atom stereocenters. The second kappa shape index (κ2) is 6.81. The molecule has 1 saturated carbocycles. The molecule has 7 heteroatoms. The summed E-state index contributed by atoms with van der Waals surface area (Å²) in [7, 11) is -1.98. The molecule has 0 N–H and O–H groups in total. The fraction of sp³-hybridized carbons (Fsp3) is 0.300. The first-order valence-corrected chi connectivity index (χ1v) is 10.4. The van der Waals surface area contributed by atoms with Gasteiger partial charge in [-0.2, -0.15) is 8.42 Å². The average molecular weight is 383 g/mol. The topological polar surface area (TPSA) is 70.1 Å². The number of carbonyl (C=O) groups excluding carboxylic acids is 1. The van der Waals surface area contributed by atoms with E-state index in [9.17, 15) is 13.2 Å². The van der Waals surface area contributed by atoms with Gasteiger partial charge in [-0.25, -0.2) is 0 Å². The first kappa shape index (κ1) is 17.7. The Morgan fingerprint density at radius 3 is 2.44 bits per heavy atom. The summed E-state index contributed by atoms with van der Waals surface area (Å²) in [5, 5.41) is 0. The van der Waals surface area contributed by atoms with Crippen molar-refractivity contribution in [3.05, 3.63) is 65.7 Å². The van der Waals surface area contributed by atoms with Crippen LogP contribution in [0.2, 0.25) is 0 Å². The van der Waals surface area contributed by atoms with Crippen molar-refractivity contribution >= 4 is 21.8 Å². The van der Waals surface area contributed by atoms with Crippen LogP contribution in [0.1, 0.15) is 24.0 Å². The summed E-state index contributed by atoms with van der Waals surface area (Å²) in [4.78, 5) is 16.7. The van der Waals surface area contributed by atoms with Gasteiger partial charge in [0.05, 0.1) is 6.54 Å². The van der Waals surface area contributed by atoms with E-state index < -0.39 is 10.0 Å². The predicted octanol–water partition coefficient (Wildman–Crippen LogP) is 2.26. The molecule has 2 aliphatic rings. The standard InChI is InChI=1S/C20H21N3O3S/c1-22(20-17-9-5-6-10-18(17)27(25,26)21-20)14-19(24)23(16-11-12-16)13-15-7-3-2-4-8-15/h2-10,16H,11-14H2,1H3. The number of hydrogen-bond acceptors (Lipinski definition) is 4. The lowest BCUT2D eigenvalue weighted by Gasteiger charge is -2.26. The highest BCUT2D eigenvalue weighted by Gasteiger charge is 2.35. The zero-order valence-corrected chi connectivity index (χ0v) is 15.9. The fourth-order valence-corrected chi connectivity index (χ4v) is 4.57. The summed E-state index contributed by atoms with van der Waals surface area (Å²) in [6.07, 6.45) is 2.03. The van der Waals surface area contributed by atoms with Gasteiger partial charge in [0.15, 0.2) is 5.84 Å². The highest BCUT2D eigenvalue weighted by molar-refractivity contribution is 7.90. The van der Waals surface area contributed by atoms with Gasteiger partial charge in [-0.3, -0.25) is 4.79 Å². The van der Waals surface area contributed by atoms with E-state index in [0.717, 1.165) is 18.4 Å². The van der Waals surface area contributed by atoms with E-state index >= 15 is 0 Å². The minimum Gasteiger partial charge on any atom is -0.349 e. The molecule has 4 rings (SSSR count). The average Bonchev–Trinajstić information content (AvgIpc) is 3.46. The largest absolute Gasteiger partial charge is 0.349 e. The summed E-state index contributed by atoms with van der Waals surface area (Å²) in [6.45, 7) is 0.658. The lowest BCUT2D eigenvalue weighted by atomic mass is 10.2. The third-order valence-corrected chi connectivity index (χ3v) is 6.18. The van der Waals surface area contributed by atoms with Crippen LogP contribution in [0.15, 0.2) is 63.9 Å². The molecular formula is C20H21N3O3S. The Hall–Kier alpha value is -2.67. The van der Waals surface area contributed by atoms with Gasteiger partial charge < -0.3 is 9.80 Å². The minimum absolute atomic E-state index is 0.0201. The Labute approximate surface area is 159 Å². The first-order valence-electron chi connectivity index (χ1n) is 8.94. The second-order valence-electron chi connectivity index (χ2n) is 6.98. The molecule has 0 aromatic heterocycles. The quantitative estimate of drug-likeness (QED) is 0.794. The number of amidine groups is 1. The minimum atomic E-state index is -3.69. The molecule has 0 saturated heterocycles. The molecule has 27 heavy (non-hydrogen) atoms. The molecule has 1 aliphatic heterocycles. The van der Waals surface area contributed by atoms with Crippen molar-refractivity contribution in [2.24, 2.45) is 4.40 Å². The summed E-state index contributed by atoms with van der Waals surface area (Å²) in [5.74, 6) is 0.308. The van der Waals surface area contributed by atoms with Gasteiger partial charge in [-0.1, -0.05) is 42.5 Å². The van der Waals surface area contributed by atoms with Gasteiger partial charge >= 0.3 is 0 Å². The molecule has 2 aromatic carbocycles. The van der Waals surface area contributed by atoms with Crippen LogP contribution >= 0.6 is 0 Å². The van der Waals surface area contributed by atoms with E-state index in [1.54, 1.807) is 36.2 Å². The Kier molecular flexibility index (Phi) is 4.47. The number of carbonyl (C=O) groups is 1. The monoisotopic (exact) mass is 383 g/mol. The summed E-state index contributed by atoms with van der Waals surface area (Å²) >= 11 is 0. The molecule has 1 fully saturated rings. The number of sulfonamides is 1. The van der Waals surface area contributed by atoms with E-state index in [4.69, 9.17) is 0 Å². The van der Waals surface area contributed by atoms with Crippen LogP contribution in [-0.4, -0.2) is 49.6 Å². The van der Waals surface area contributed by atoms with Crippen molar-refractivity contribution in [3.8, 4) is 0 Å². The van der Waals surface area contributed by atoms with Crippen molar-refractivity contribution in [3.63, 3.8) is 0 Å². The van der Waals surface area contributed by atoms with Crippen molar-refractivity contribution in [2.75, 3.05) is 13.6 Å². The molecule has 0 radical (unpaired) electrons. The SMILES string of the molecule is CN(CC(=O)N(Cc1ccccc1)C1CC1)C1=NS(=O)(=O)c2ccccc21. The molecule has 140 valence electrons. The van der Waals surface area contributed by atoms with Crippen LogP contribution in [0.5, 0.6) is 0 Å². The maximum atomic E-state index is 12.9. The summed E-state index contributed by atoms with van der Waals surface area (Å²) in [6, 6.07) is 16.9. The number of benzene rings is 2. The van der Waals surface area contributed by atoms with Gasteiger partial charge in [0.2, 0.25) is 5.91 Å². The van der Waals surface area contributed by atoms with Crippen LogP contribution in [0.25, 0.3) is 0 Å². The molecule has 1 heterocycles. The van der Waals surface area contributed by atoms with Crippen LogP contribution in [-0.2, 0) is 21.4 Å². The number of fused-ring (bicyclic) bond motifs is 1. The van der Waals surface area contributed by atoms with E-state index in [1.807, 2.05) is 35.2 Å². The summed E-state index contributed by atoms with van der Waals surface area (Å²) < 4.78 is 28.4. The predicted molar refractivity (Wildman–Crippen MR) is 103 cm³/mol. The number of rotatable bonds is 5. The Balaban J connectivity index is 1.52. The Morgan fingerprint density at radius 2 is 1.74 bits per heavy atom. The highest BCUT2D eigenvalue weighted by atomic mass is 32.2. The lowest BCUT2D eigenvalue weighted by Crippen LogP contribution is -2.41. The zero-order valence-electron chi connectivity index (χ0n) is 15.1.